The number of primary amides is 1. The Balaban J connectivity index is 2.13. The third-order valence-electron chi connectivity index (χ3n) is 3.04. The minimum absolute atomic E-state index is 0.0496. The fraction of sp³-hybridized carbons (Fsp3) is 0.417. The summed E-state index contributed by atoms with van der Waals surface area (Å²) in [5, 5.41) is 0. The molecule has 0 aliphatic carbocycles. The van der Waals surface area contributed by atoms with Crippen LogP contribution in [0.3, 0.4) is 0 Å². The zero-order valence-electron chi connectivity index (χ0n) is 10.3. The molecule has 1 atom stereocenters. The SMILES string of the molecule is NC(=O)OC1CCN(c2ccc(C(F)(F)F)cc2F)C1. The number of ether oxygens (including phenoxy) is 1. The molecule has 110 valence electrons. The van der Waals surface area contributed by atoms with Gasteiger partial charge in [0.05, 0.1) is 17.8 Å². The molecule has 1 heterocycles. The van der Waals surface area contributed by atoms with E-state index in [1.165, 1.54) is 4.90 Å². The van der Waals surface area contributed by atoms with Gasteiger partial charge in [0.2, 0.25) is 0 Å². The molecule has 8 heteroatoms. The molecule has 1 aromatic carbocycles. The molecular weight excluding hydrogens is 280 g/mol. The van der Waals surface area contributed by atoms with E-state index >= 15 is 0 Å². The Labute approximate surface area is 112 Å². The van der Waals surface area contributed by atoms with Gasteiger partial charge in [0.1, 0.15) is 11.9 Å². The Morgan fingerprint density at radius 3 is 2.65 bits per heavy atom. The Kier molecular flexibility index (Phi) is 3.74. The molecule has 1 amide bonds. The summed E-state index contributed by atoms with van der Waals surface area (Å²) in [6, 6.07) is 2.35. The summed E-state index contributed by atoms with van der Waals surface area (Å²) in [4.78, 5) is 12.1. The zero-order chi connectivity index (χ0) is 14.9. The van der Waals surface area contributed by atoms with Crippen LogP contribution >= 0.6 is 0 Å². The average molecular weight is 292 g/mol. The molecule has 2 N–H and O–H groups in total. The van der Waals surface area contributed by atoms with Crippen LogP contribution in [-0.4, -0.2) is 25.3 Å². The van der Waals surface area contributed by atoms with Gasteiger partial charge in [0.15, 0.2) is 0 Å². The second kappa shape index (κ2) is 5.18. The first-order valence-electron chi connectivity index (χ1n) is 5.85. The molecule has 1 unspecified atom stereocenters. The first kappa shape index (κ1) is 14.4. The van der Waals surface area contributed by atoms with Crippen molar-refractivity contribution < 1.29 is 27.1 Å². The lowest BCUT2D eigenvalue weighted by Crippen LogP contribution is -2.27. The van der Waals surface area contributed by atoms with E-state index in [4.69, 9.17) is 10.5 Å². The fourth-order valence-electron chi connectivity index (χ4n) is 2.15. The van der Waals surface area contributed by atoms with Gasteiger partial charge in [-0.1, -0.05) is 0 Å². The number of alkyl halides is 3. The summed E-state index contributed by atoms with van der Waals surface area (Å²) in [5.74, 6) is -0.959. The lowest BCUT2D eigenvalue weighted by Gasteiger charge is -2.20. The molecule has 2 rings (SSSR count). The number of anilines is 1. The van der Waals surface area contributed by atoms with Gasteiger partial charge in [0, 0.05) is 13.0 Å². The Hall–Kier alpha value is -1.99. The number of benzene rings is 1. The molecule has 0 bridgehead atoms. The summed E-state index contributed by atoms with van der Waals surface area (Å²) in [6.45, 7) is 0.575. The molecule has 1 fully saturated rings. The van der Waals surface area contributed by atoms with E-state index in [1.54, 1.807) is 0 Å². The maximum Gasteiger partial charge on any atom is 0.416 e. The molecular formula is C12H12F4N2O2. The van der Waals surface area contributed by atoms with Gasteiger partial charge in [-0.2, -0.15) is 13.2 Å². The van der Waals surface area contributed by atoms with Gasteiger partial charge in [-0.3, -0.25) is 0 Å². The van der Waals surface area contributed by atoms with Gasteiger partial charge in [-0.05, 0) is 18.2 Å². The second-order valence-corrected chi connectivity index (χ2v) is 4.46. The molecule has 0 radical (unpaired) electrons. The van der Waals surface area contributed by atoms with Crippen molar-refractivity contribution in [1.82, 2.24) is 0 Å². The lowest BCUT2D eigenvalue weighted by molar-refractivity contribution is -0.137. The van der Waals surface area contributed by atoms with Crippen molar-refractivity contribution in [2.75, 3.05) is 18.0 Å². The summed E-state index contributed by atoms with van der Waals surface area (Å²) >= 11 is 0. The van der Waals surface area contributed by atoms with Crippen LogP contribution in [0.5, 0.6) is 0 Å². The van der Waals surface area contributed by atoms with Crippen LogP contribution in [0.2, 0.25) is 0 Å². The highest BCUT2D eigenvalue weighted by atomic mass is 19.4. The molecule has 0 saturated carbocycles. The number of rotatable bonds is 2. The predicted molar refractivity (Wildman–Crippen MR) is 62.7 cm³/mol. The van der Waals surface area contributed by atoms with E-state index in [0.717, 1.165) is 12.1 Å². The molecule has 4 nitrogen and oxygen atoms in total. The van der Waals surface area contributed by atoms with E-state index in [2.05, 4.69) is 0 Å². The highest BCUT2D eigenvalue weighted by molar-refractivity contribution is 5.65. The van der Waals surface area contributed by atoms with Crippen molar-refractivity contribution in [2.45, 2.75) is 18.7 Å². The van der Waals surface area contributed by atoms with Gasteiger partial charge in [-0.25, -0.2) is 9.18 Å². The number of carbonyl (C=O) groups excluding carboxylic acids is 1. The molecule has 1 saturated heterocycles. The topological polar surface area (TPSA) is 55.6 Å². The second-order valence-electron chi connectivity index (χ2n) is 4.46. The van der Waals surface area contributed by atoms with Crippen molar-refractivity contribution in [3.05, 3.63) is 29.6 Å². The van der Waals surface area contributed by atoms with Gasteiger partial charge >= 0.3 is 12.3 Å². The van der Waals surface area contributed by atoms with E-state index < -0.39 is 29.8 Å². The Morgan fingerprint density at radius 1 is 1.40 bits per heavy atom. The summed E-state index contributed by atoms with van der Waals surface area (Å²) in [5.41, 5.74) is 3.89. The van der Waals surface area contributed by atoms with Gasteiger partial charge in [-0.15, -0.1) is 0 Å². The molecule has 20 heavy (non-hydrogen) atoms. The van der Waals surface area contributed by atoms with Crippen LogP contribution in [0.4, 0.5) is 28.0 Å². The zero-order valence-corrected chi connectivity index (χ0v) is 10.3. The van der Waals surface area contributed by atoms with Crippen LogP contribution in [0.15, 0.2) is 18.2 Å². The standard InChI is InChI=1S/C12H12F4N2O2/c13-9-5-7(12(14,15)16)1-2-10(9)18-4-3-8(6-18)20-11(17)19/h1-2,5,8H,3-4,6H2,(H2,17,19). The summed E-state index contributed by atoms with van der Waals surface area (Å²) in [7, 11) is 0. The average Bonchev–Trinajstić information content (AvgIpc) is 2.75. The first-order chi connectivity index (χ1) is 9.27. The first-order valence-corrected chi connectivity index (χ1v) is 5.85. The highest BCUT2D eigenvalue weighted by Crippen LogP contribution is 2.33. The van der Waals surface area contributed by atoms with Gasteiger partial charge < -0.3 is 15.4 Å². The molecule has 0 spiro atoms. The van der Waals surface area contributed by atoms with Crippen LogP contribution in [-0.2, 0) is 10.9 Å². The number of amides is 1. The van der Waals surface area contributed by atoms with E-state index in [9.17, 15) is 22.4 Å². The number of nitrogens with zero attached hydrogens (tertiary/aromatic N) is 1. The number of carbonyl (C=O) groups is 1. The van der Waals surface area contributed by atoms with Crippen LogP contribution < -0.4 is 10.6 Å². The van der Waals surface area contributed by atoms with Crippen molar-refractivity contribution in [2.24, 2.45) is 5.73 Å². The predicted octanol–water partition coefficient (Wildman–Crippen LogP) is 2.52. The maximum atomic E-state index is 13.7. The van der Waals surface area contributed by atoms with Crippen LogP contribution in [0, 0.1) is 5.82 Å². The maximum absolute atomic E-state index is 13.7. The lowest BCUT2D eigenvalue weighted by atomic mass is 10.2. The third kappa shape index (κ3) is 3.12. The highest BCUT2D eigenvalue weighted by Gasteiger charge is 2.32. The van der Waals surface area contributed by atoms with E-state index in [-0.39, 0.29) is 12.2 Å². The summed E-state index contributed by atoms with van der Waals surface area (Å²) in [6.07, 6.45) is -5.54. The minimum atomic E-state index is -4.58. The minimum Gasteiger partial charge on any atom is -0.444 e. The van der Waals surface area contributed by atoms with Crippen molar-refractivity contribution in [1.29, 1.82) is 0 Å². The van der Waals surface area contributed by atoms with E-state index in [1.807, 2.05) is 0 Å². The van der Waals surface area contributed by atoms with Crippen LogP contribution in [0.25, 0.3) is 0 Å². The van der Waals surface area contributed by atoms with Crippen molar-refractivity contribution >= 4 is 11.8 Å². The smallest absolute Gasteiger partial charge is 0.416 e. The quantitative estimate of drug-likeness (QED) is 0.852. The van der Waals surface area contributed by atoms with Crippen molar-refractivity contribution in [3.63, 3.8) is 0 Å². The number of hydrogen-bond acceptors (Lipinski definition) is 3. The van der Waals surface area contributed by atoms with E-state index in [0.29, 0.717) is 19.0 Å². The number of hydrogen-bond donors (Lipinski definition) is 1. The fourth-order valence-corrected chi connectivity index (χ4v) is 2.15. The van der Waals surface area contributed by atoms with Crippen molar-refractivity contribution in [3.8, 4) is 0 Å². The molecule has 0 aromatic heterocycles. The van der Waals surface area contributed by atoms with Gasteiger partial charge in [0.25, 0.3) is 0 Å². The Morgan fingerprint density at radius 2 is 2.10 bits per heavy atom. The number of nitrogens with two attached hydrogens (primary N) is 1. The van der Waals surface area contributed by atoms with Crippen LogP contribution in [0.1, 0.15) is 12.0 Å². The Bertz CT molecular complexity index is 519. The molecule has 1 aliphatic rings. The number of halogens is 4. The third-order valence-corrected chi connectivity index (χ3v) is 3.04. The monoisotopic (exact) mass is 292 g/mol. The summed E-state index contributed by atoms with van der Waals surface area (Å²) < 4.78 is 55.8. The normalized spacial score (nSPS) is 19.2. The molecule has 1 aliphatic heterocycles. The largest absolute Gasteiger partial charge is 0.444 e. The molecule has 1 aromatic rings.